The quantitative estimate of drug-likeness (QED) is 0.735. The lowest BCUT2D eigenvalue weighted by Gasteiger charge is -2.23. The molecular weight excluding hydrogens is 210 g/mol. The van der Waals surface area contributed by atoms with E-state index in [1.165, 1.54) is 5.69 Å². The summed E-state index contributed by atoms with van der Waals surface area (Å²) in [6, 6.07) is 18.7. The summed E-state index contributed by atoms with van der Waals surface area (Å²) in [6.07, 6.45) is 1.05. The highest BCUT2D eigenvalue weighted by Gasteiger charge is 2.16. The zero-order chi connectivity index (χ0) is 11.5. The SMILES string of the molecule is c1ccc(N2CCCOc3ccccc32)cc1. The molecule has 86 valence electrons. The van der Waals surface area contributed by atoms with Crippen LogP contribution in [0.4, 0.5) is 11.4 Å². The van der Waals surface area contributed by atoms with E-state index >= 15 is 0 Å². The molecule has 0 spiro atoms. The van der Waals surface area contributed by atoms with Gasteiger partial charge in [0.15, 0.2) is 0 Å². The monoisotopic (exact) mass is 225 g/mol. The summed E-state index contributed by atoms with van der Waals surface area (Å²) in [5.74, 6) is 0.980. The van der Waals surface area contributed by atoms with Crippen LogP contribution in [0.15, 0.2) is 54.6 Å². The number of hydrogen-bond donors (Lipinski definition) is 0. The summed E-state index contributed by atoms with van der Waals surface area (Å²) in [6.45, 7) is 1.79. The van der Waals surface area contributed by atoms with E-state index in [2.05, 4.69) is 41.3 Å². The van der Waals surface area contributed by atoms with Gasteiger partial charge in [0.1, 0.15) is 5.75 Å². The molecule has 0 amide bonds. The second-order valence-corrected chi connectivity index (χ2v) is 4.16. The van der Waals surface area contributed by atoms with E-state index in [0.717, 1.165) is 31.0 Å². The van der Waals surface area contributed by atoms with Gasteiger partial charge in [-0.3, -0.25) is 0 Å². The van der Waals surface area contributed by atoms with Gasteiger partial charge < -0.3 is 9.64 Å². The Kier molecular flexibility index (Phi) is 2.70. The maximum absolute atomic E-state index is 5.76. The molecule has 2 aromatic rings. The van der Waals surface area contributed by atoms with Crippen molar-refractivity contribution in [3.8, 4) is 5.75 Å². The number of hydrogen-bond acceptors (Lipinski definition) is 2. The van der Waals surface area contributed by atoms with Gasteiger partial charge in [-0.15, -0.1) is 0 Å². The topological polar surface area (TPSA) is 12.5 Å². The third-order valence-corrected chi connectivity index (χ3v) is 3.01. The largest absolute Gasteiger partial charge is 0.491 e. The van der Waals surface area contributed by atoms with E-state index in [-0.39, 0.29) is 0 Å². The molecule has 0 N–H and O–H groups in total. The smallest absolute Gasteiger partial charge is 0.142 e. The third-order valence-electron chi connectivity index (χ3n) is 3.01. The maximum atomic E-state index is 5.76. The van der Waals surface area contributed by atoms with Gasteiger partial charge in [-0.25, -0.2) is 0 Å². The van der Waals surface area contributed by atoms with E-state index in [9.17, 15) is 0 Å². The Labute approximate surface area is 101 Å². The molecule has 0 atom stereocenters. The van der Waals surface area contributed by atoms with Crippen molar-refractivity contribution in [2.45, 2.75) is 6.42 Å². The van der Waals surface area contributed by atoms with Crippen LogP contribution in [0.1, 0.15) is 6.42 Å². The molecule has 0 saturated heterocycles. The fraction of sp³-hybridized carbons (Fsp3) is 0.200. The minimum atomic E-state index is 0.792. The Morgan fingerprint density at radius 3 is 2.53 bits per heavy atom. The summed E-state index contributed by atoms with van der Waals surface area (Å²) in [5, 5.41) is 0. The first-order valence-electron chi connectivity index (χ1n) is 5.99. The Morgan fingerprint density at radius 2 is 1.65 bits per heavy atom. The van der Waals surface area contributed by atoms with E-state index in [4.69, 9.17) is 4.74 Å². The molecule has 0 radical (unpaired) electrons. The molecule has 2 nitrogen and oxygen atoms in total. The van der Waals surface area contributed by atoms with Crippen molar-refractivity contribution < 1.29 is 4.74 Å². The normalized spacial score (nSPS) is 14.7. The zero-order valence-electron chi connectivity index (χ0n) is 9.67. The summed E-state index contributed by atoms with van der Waals surface area (Å²) >= 11 is 0. The molecule has 1 aliphatic heterocycles. The molecule has 3 rings (SSSR count). The molecule has 2 aromatic carbocycles. The molecule has 1 heterocycles. The van der Waals surface area contributed by atoms with Crippen LogP contribution < -0.4 is 9.64 Å². The number of anilines is 2. The number of rotatable bonds is 1. The summed E-state index contributed by atoms with van der Waals surface area (Å²) in [4.78, 5) is 2.32. The van der Waals surface area contributed by atoms with Crippen molar-refractivity contribution in [2.24, 2.45) is 0 Å². The van der Waals surface area contributed by atoms with Gasteiger partial charge in [0.25, 0.3) is 0 Å². The Morgan fingerprint density at radius 1 is 0.882 bits per heavy atom. The van der Waals surface area contributed by atoms with E-state index < -0.39 is 0 Å². The standard InChI is InChI=1S/C15H15NO/c1-2-7-13(8-3-1)16-11-6-12-17-15-10-5-4-9-14(15)16/h1-5,7-10H,6,11-12H2. The van der Waals surface area contributed by atoms with E-state index in [1.54, 1.807) is 0 Å². The summed E-state index contributed by atoms with van der Waals surface area (Å²) in [7, 11) is 0. The fourth-order valence-electron chi connectivity index (χ4n) is 2.20. The van der Waals surface area contributed by atoms with Gasteiger partial charge in [-0.1, -0.05) is 30.3 Å². The molecule has 0 aliphatic carbocycles. The van der Waals surface area contributed by atoms with Crippen LogP contribution in [0.2, 0.25) is 0 Å². The first-order valence-corrected chi connectivity index (χ1v) is 5.99. The molecule has 0 saturated carbocycles. The van der Waals surface area contributed by atoms with Crippen LogP contribution in [0.5, 0.6) is 5.75 Å². The highest BCUT2D eigenvalue weighted by molar-refractivity contribution is 5.69. The lowest BCUT2D eigenvalue weighted by molar-refractivity contribution is 0.322. The van der Waals surface area contributed by atoms with Crippen LogP contribution in [0.3, 0.4) is 0 Å². The maximum Gasteiger partial charge on any atom is 0.142 e. The van der Waals surface area contributed by atoms with Crippen molar-refractivity contribution in [1.82, 2.24) is 0 Å². The van der Waals surface area contributed by atoms with Crippen molar-refractivity contribution >= 4 is 11.4 Å². The van der Waals surface area contributed by atoms with Gasteiger partial charge in [-0.05, 0) is 30.7 Å². The highest BCUT2D eigenvalue weighted by atomic mass is 16.5. The predicted octanol–water partition coefficient (Wildman–Crippen LogP) is 3.61. The molecule has 0 aromatic heterocycles. The summed E-state index contributed by atoms with van der Waals surface area (Å²) in [5.41, 5.74) is 2.39. The molecule has 1 aliphatic rings. The molecule has 17 heavy (non-hydrogen) atoms. The molecular formula is C15H15NO. The van der Waals surface area contributed by atoms with Gasteiger partial charge in [0.2, 0.25) is 0 Å². The fourth-order valence-corrected chi connectivity index (χ4v) is 2.20. The van der Waals surface area contributed by atoms with Crippen molar-refractivity contribution in [3.63, 3.8) is 0 Å². The number of benzene rings is 2. The first-order chi connectivity index (χ1) is 8.45. The average Bonchev–Trinajstić information content (AvgIpc) is 2.62. The number of fused-ring (bicyclic) bond motifs is 1. The molecule has 0 fully saturated rings. The Bertz CT molecular complexity index is 495. The highest BCUT2D eigenvalue weighted by Crippen LogP contribution is 2.35. The third kappa shape index (κ3) is 1.98. The molecule has 0 unspecified atom stereocenters. The van der Waals surface area contributed by atoms with Crippen molar-refractivity contribution in [1.29, 1.82) is 0 Å². The van der Waals surface area contributed by atoms with Crippen LogP contribution in [0.25, 0.3) is 0 Å². The van der Waals surface area contributed by atoms with Crippen molar-refractivity contribution in [3.05, 3.63) is 54.6 Å². The van der Waals surface area contributed by atoms with Gasteiger partial charge >= 0.3 is 0 Å². The second-order valence-electron chi connectivity index (χ2n) is 4.16. The first kappa shape index (κ1) is 10.2. The minimum absolute atomic E-state index is 0.792. The van der Waals surface area contributed by atoms with Crippen LogP contribution >= 0.6 is 0 Å². The zero-order valence-corrected chi connectivity index (χ0v) is 9.67. The van der Waals surface area contributed by atoms with Gasteiger partial charge in [0.05, 0.1) is 12.3 Å². The van der Waals surface area contributed by atoms with Crippen LogP contribution in [0, 0.1) is 0 Å². The molecule has 0 bridgehead atoms. The molecule has 2 heteroatoms. The number of ether oxygens (including phenoxy) is 1. The Balaban J connectivity index is 2.06. The predicted molar refractivity (Wildman–Crippen MR) is 70.0 cm³/mol. The lowest BCUT2D eigenvalue weighted by atomic mass is 10.2. The minimum Gasteiger partial charge on any atom is -0.491 e. The van der Waals surface area contributed by atoms with Crippen molar-refractivity contribution in [2.75, 3.05) is 18.1 Å². The van der Waals surface area contributed by atoms with Crippen LogP contribution in [-0.2, 0) is 0 Å². The number of nitrogens with zero attached hydrogens (tertiary/aromatic N) is 1. The second kappa shape index (κ2) is 4.50. The Hall–Kier alpha value is -1.96. The lowest BCUT2D eigenvalue weighted by Crippen LogP contribution is -2.17. The van der Waals surface area contributed by atoms with E-state index in [0.29, 0.717) is 0 Å². The van der Waals surface area contributed by atoms with Gasteiger partial charge in [0, 0.05) is 12.2 Å². The summed E-state index contributed by atoms with van der Waals surface area (Å²) < 4.78 is 5.76. The van der Waals surface area contributed by atoms with E-state index in [1.807, 2.05) is 18.2 Å². The van der Waals surface area contributed by atoms with Crippen LogP contribution in [-0.4, -0.2) is 13.2 Å². The average molecular weight is 225 g/mol. The van der Waals surface area contributed by atoms with Gasteiger partial charge in [-0.2, -0.15) is 0 Å². The number of para-hydroxylation sites is 3.